The number of hydrogen-bond acceptors (Lipinski definition) is 4. The zero-order chi connectivity index (χ0) is 20.6. The average Bonchev–Trinajstić information content (AvgIpc) is 3.09. The highest BCUT2D eigenvalue weighted by molar-refractivity contribution is 7.89. The average molecular weight is 415 g/mol. The molecule has 0 aromatic heterocycles. The van der Waals surface area contributed by atoms with E-state index in [9.17, 15) is 13.2 Å². The predicted molar refractivity (Wildman–Crippen MR) is 112 cm³/mol. The Hall–Kier alpha value is -2.38. The minimum Gasteiger partial charge on any atom is -0.497 e. The Morgan fingerprint density at radius 1 is 1.10 bits per heavy atom. The molecule has 2 aromatic rings. The van der Waals surface area contributed by atoms with E-state index in [1.807, 2.05) is 30.0 Å². The number of hydrogen-bond donors (Lipinski definition) is 0. The summed E-state index contributed by atoms with van der Waals surface area (Å²) in [7, 11) is -2.10. The van der Waals surface area contributed by atoms with E-state index in [1.165, 1.54) is 9.87 Å². The zero-order valence-corrected chi connectivity index (χ0v) is 17.6. The minimum absolute atomic E-state index is 0.0251. The highest BCUT2D eigenvalue weighted by Crippen LogP contribution is 2.35. The second-order valence-corrected chi connectivity index (χ2v) is 9.71. The van der Waals surface area contributed by atoms with Gasteiger partial charge in [-0.05, 0) is 62.1 Å². The SMILES string of the molecule is COc1ccc(S(=O)(=O)N2CCC[C@@H](C(=O)N3c4ccccc4C[C@H]3C)C2)cc1. The first-order valence-electron chi connectivity index (χ1n) is 9.97. The summed E-state index contributed by atoms with van der Waals surface area (Å²) in [5.74, 6) is 0.305. The molecule has 0 radical (unpaired) electrons. The van der Waals surface area contributed by atoms with Crippen LogP contribution in [0.1, 0.15) is 25.3 Å². The molecule has 6 nitrogen and oxygen atoms in total. The molecule has 7 heteroatoms. The Labute approximate surface area is 172 Å². The third-order valence-corrected chi connectivity index (χ3v) is 7.75. The molecule has 0 bridgehead atoms. The number of rotatable bonds is 4. The molecule has 4 rings (SSSR count). The zero-order valence-electron chi connectivity index (χ0n) is 16.7. The van der Waals surface area contributed by atoms with Gasteiger partial charge in [0.15, 0.2) is 0 Å². The Kier molecular flexibility index (Phi) is 5.36. The molecule has 0 saturated carbocycles. The number of anilines is 1. The molecule has 1 amide bonds. The third-order valence-electron chi connectivity index (χ3n) is 5.88. The summed E-state index contributed by atoms with van der Waals surface area (Å²) in [5, 5.41) is 0. The Morgan fingerprint density at radius 3 is 2.55 bits per heavy atom. The fraction of sp³-hybridized carbons (Fsp3) is 0.409. The van der Waals surface area contributed by atoms with Gasteiger partial charge in [0.1, 0.15) is 5.75 Å². The number of benzene rings is 2. The summed E-state index contributed by atoms with van der Waals surface area (Å²) >= 11 is 0. The van der Waals surface area contributed by atoms with Gasteiger partial charge in [-0.15, -0.1) is 0 Å². The smallest absolute Gasteiger partial charge is 0.243 e. The third kappa shape index (κ3) is 3.65. The second kappa shape index (κ2) is 7.80. The number of ether oxygens (including phenoxy) is 1. The fourth-order valence-corrected chi connectivity index (χ4v) is 5.88. The summed E-state index contributed by atoms with van der Waals surface area (Å²) in [6.45, 7) is 2.70. The van der Waals surface area contributed by atoms with Crippen molar-refractivity contribution >= 4 is 21.6 Å². The van der Waals surface area contributed by atoms with Gasteiger partial charge in [-0.3, -0.25) is 4.79 Å². The predicted octanol–water partition coefficient (Wildman–Crippen LogP) is 3.07. The molecule has 2 heterocycles. The van der Waals surface area contributed by atoms with Crippen molar-refractivity contribution in [2.24, 2.45) is 5.92 Å². The lowest BCUT2D eigenvalue weighted by Crippen LogP contribution is -2.48. The maximum absolute atomic E-state index is 13.4. The molecule has 2 aliphatic rings. The Balaban J connectivity index is 1.54. The lowest BCUT2D eigenvalue weighted by molar-refractivity contribution is -0.123. The van der Waals surface area contributed by atoms with Gasteiger partial charge in [0, 0.05) is 24.8 Å². The van der Waals surface area contributed by atoms with Crippen LogP contribution in [0.2, 0.25) is 0 Å². The van der Waals surface area contributed by atoms with E-state index in [2.05, 4.69) is 6.07 Å². The quantitative estimate of drug-likeness (QED) is 0.771. The number of carbonyl (C=O) groups is 1. The molecule has 0 unspecified atom stereocenters. The van der Waals surface area contributed by atoms with Crippen molar-refractivity contribution in [2.75, 3.05) is 25.1 Å². The van der Waals surface area contributed by atoms with Crippen molar-refractivity contribution in [3.63, 3.8) is 0 Å². The van der Waals surface area contributed by atoms with Crippen LogP contribution in [0.15, 0.2) is 53.4 Å². The number of fused-ring (bicyclic) bond motifs is 1. The Morgan fingerprint density at radius 2 is 1.83 bits per heavy atom. The van der Waals surface area contributed by atoms with Crippen LogP contribution in [0.4, 0.5) is 5.69 Å². The van der Waals surface area contributed by atoms with Crippen molar-refractivity contribution in [3.05, 3.63) is 54.1 Å². The molecular formula is C22H26N2O4S. The number of piperidine rings is 1. The molecule has 154 valence electrons. The number of nitrogens with zero attached hydrogens (tertiary/aromatic N) is 2. The van der Waals surface area contributed by atoms with Gasteiger partial charge in [0.05, 0.1) is 17.9 Å². The van der Waals surface area contributed by atoms with Crippen molar-refractivity contribution < 1.29 is 17.9 Å². The van der Waals surface area contributed by atoms with E-state index in [-0.39, 0.29) is 29.3 Å². The summed E-state index contributed by atoms with van der Waals surface area (Å²) in [4.78, 5) is 15.4. The van der Waals surface area contributed by atoms with E-state index in [0.717, 1.165) is 12.1 Å². The lowest BCUT2D eigenvalue weighted by Gasteiger charge is -2.34. The standard InChI is InChI=1S/C22H26N2O4S/c1-16-14-17-6-3-4-8-21(17)24(16)22(25)18-7-5-13-23(15-18)29(26,27)20-11-9-19(28-2)10-12-20/h3-4,6,8-12,16,18H,5,7,13-15H2,1-2H3/t16-,18-/m1/s1. The molecule has 0 aliphatic carbocycles. The highest BCUT2D eigenvalue weighted by Gasteiger charge is 2.39. The van der Waals surface area contributed by atoms with Crippen molar-refractivity contribution in [1.29, 1.82) is 0 Å². The normalized spacial score (nSPS) is 22.3. The van der Waals surface area contributed by atoms with E-state index in [1.54, 1.807) is 31.4 Å². The van der Waals surface area contributed by atoms with Gasteiger partial charge in [0.25, 0.3) is 0 Å². The number of methoxy groups -OCH3 is 1. The van der Waals surface area contributed by atoms with Crippen molar-refractivity contribution in [3.8, 4) is 5.75 Å². The van der Waals surface area contributed by atoms with Gasteiger partial charge < -0.3 is 9.64 Å². The molecule has 2 aromatic carbocycles. The monoisotopic (exact) mass is 414 g/mol. The minimum atomic E-state index is -3.64. The van der Waals surface area contributed by atoms with Crippen LogP contribution in [0.5, 0.6) is 5.75 Å². The maximum Gasteiger partial charge on any atom is 0.243 e. The molecule has 1 saturated heterocycles. The van der Waals surface area contributed by atoms with Crippen molar-refractivity contribution in [2.45, 2.75) is 37.1 Å². The van der Waals surface area contributed by atoms with Crippen LogP contribution in [-0.4, -0.2) is 44.9 Å². The number of sulfonamides is 1. The van der Waals surface area contributed by atoms with Gasteiger partial charge in [-0.25, -0.2) is 8.42 Å². The van der Waals surface area contributed by atoms with Gasteiger partial charge >= 0.3 is 0 Å². The topological polar surface area (TPSA) is 66.9 Å². The van der Waals surface area contributed by atoms with Crippen LogP contribution in [0, 0.1) is 5.92 Å². The molecule has 2 atom stereocenters. The summed E-state index contributed by atoms with van der Waals surface area (Å²) in [5.41, 5.74) is 2.13. The molecule has 29 heavy (non-hydrogen) atoms. The first kappa shape index (κ1) is 19.9. The van der Waals surface area contributed by atoms with E-state index < -0.39 is 10.0 Å². The maximum atomic E-state index is 13.4. The van der Waals surface area contributed by atoms with Crippen LogP contribution in [0.25, 0.3) is 0 Å². The van der Waals surface area contributed by atoms with Gasteiger partial charge in [-0.2, -0.15) is 4.31 Å². The lowest BCUT2D eigenvalue weighted by atomic mass is 9.97. The first-order chi connectivity index (χ1) is 13.9. The van der Waals surface area contributed by atoms with Gasteiger partial charge in [-0.1, -0.05) is 18.2 Å². The molecular weight excluding hydrogens is 388 g/mol. The summed E-state index contributed by atoms with van der Waals surface area (Å²) in [6.07, 6.45) is 2.22. The number of carbonyl (C=O) groups excluding carboxylic acids is 1. The first-order valence-corrected chi connectivity index (χ1v) is 11.4. The highest BCUT2D eigenvalue weighted by atomic mass is 32.2. The van der Waals surface area contributed by atoms with Crippen molar-refractivity contribution in [1.82, 2.24) is 4.31 Å². The molecule has 0 spiro atoms. The van der Waals surface area contributed by atoms with Crippen LogP contribution >= 0.6 is 0 Å². The number of amides is 1. The number of para-hydroxylation sites is 1. The Bertz CT molecular complexity index is 1000. The van der Waals surface area contributed by atoms with Crippen LogP contribution in [-0.2, 0) is 21.2 Å². The summed E-state index contributed by atoms with van der Waals surface area (Å²) in [6, 6.07) is 14.4. The van der Waals surface area contributed by atoms with Gasteiger partial charge in [0.2, 0.25) is 15.9 Å². The fourth-order valence-electron chi connectivity index (χ4n) is 4.36. The summed E-state index contributed by atoms with van der Waals surface area (Å²) < 4.78 is 32.8. The second-order valence-electron chi connectivity index (χ2n) is 7.77. The van der Waals surface area contributed by atoms with Crippen LogP contribution < -0.4 is 9.64 Å². The van der Waals surface area contributed by atoms with Crippen LogP contribution in [0.3, 0.4) is 0 Å². The van der Waals surface area contributed by atoms with E-state index >= 15 is 0 Å². The van der Waals surface area contributed by atoms with E-state index in [4.69, 9.17) is 4.74 Å². The molecule has 2 aliphatic heterocycles. The molecule has 0 N–H and O–H groups in total. The van der Waals surface area contributed by atoms with E-state index in [0.29, 0.717) is 25.1 Å². The largest absolute Gasteiger partial charge is 0.497 e. The molecule has 1 fully saturated rings.